The molecule has 4 fully saturated rings. The Labute approximate surface area is 572 Å². The van der Waals surface area contributed by atoms with E-state index in [0.717, 1.165) is 66.1 Å². The predicted octanol–water partition coefficient (Wildman–Crippen LogP) is 4.75. The summed E-state index contributed by atoms with van der Waals surface area (Å²) in [6.45, 7) is 12.0. The topological polar surface area (TPSA) is 279 Å². The van der Waals surface area contributed by atoms with Crippen molar-refractivity contribution in [3.05, 3.63) is 27.7 Å². The summed E-state index contributed by atoms with van der Waals surface area (Å²) in [5, 5.41) is 9.05. The van der Waals surface area contributed by atoms with E-state index in [-0.39, 0.29) is 66.7 Å². The Hall–Kier alpha value is -6.76. The van der Waals surface area contributed by atoms with Gasteiger partial charge < -0.3 is 64.8 Å². The molecule has 4 aliphatic rings. The molecule has 532 valence electrons. The van der Waals surface area contributed by atoms with Gasteiger partial charge in [-0.25, -0.2) is 0 Å². The molecule has 1 saturated carbocycles. The molecule has 0 bridgehead atoms. The highest BCUT2D eigenvalue weighted by molar-refractivity contribution is 6.43. The maximum atomic E-state index is 14.9. The molecule has 95 heavy (non-hydrogen) atoms. The minimum atomic E-state index is -1.31. The third kappa shape index (κ3) is 21.9. The van der Waals surface area contributed by atoms with Crippen LogP contribution in [0.25, 0.3) is 0 Å². The zero-order valence-electron chi connectivity index (χ0n) is 58.8. The van der Waals surface area contributed by atoms with E-state index in [1.54, 1.807) is 37.8 Å². The van der Waals surface area contributed by atoms with E-state index in [1.165, 1.54) is 80.8 Å². The summed E-state index contributed by atoms with van der Waals surface area (Å²) in [6.07, 6.45) is 8.61. The van der Waals surface area contributed by atoms with Crippen molar-refractivity contribution in [1.82, 2.24) is 60.0 Å². The number of carbonyl (C=O) groups is 12. The van der Waals surface area contributed by atoms with Crippen molar-refractivity contribution in [3.8, 4) is 5.75 Å². The van der Waals surface area contributed by atoms with E-state index in [9.17, 15) is 57.5 Å². The molecule has 3 aliphatic heterocycles. The molecule has 1 aromatic rings. The van der Waals surface area contributed by atoms with Crippen molar-refractivity contribution >= 4 is 94.1 Å². The largest absolute Gasteiger partial charge is 0.489 e. The normalized spacial score (nSPS) is 25.5. The van der Waals surface area contributed by atoms with Crippen LogP contribution in [0.2, 0.25) is 10.0 Å². The second-order valence-electron chi connectivity index (χ2n) is 27.4. The van der Waals surface area contributed by atoms with Gasteiger partial charge in [-0.2, -0.15) is 0 Å². The molecule has 5 rings (SSSR count). The number of halogens is 2. The molecular weight excluding hydrogens is 1260 g/mol. The number of nitrogens with one attached hydrogen (secondary N) is 3. The highest BCUT2D eigenvalue weighted by Gasteiger charge is 2.43. The molecule has 2 unspecified atom stereocenters. The summed E-state index contributed by atoms with van der Waals surface area (Å²) in [6, 6.07) is -4.51. The Morgan fingerprint density at radius 2 is 1.25 bits per heavy atom. The number of aryl methyl sites for hydroxylation is 1. The first-order chi connectivity index (χ1) is 44.8. The number of ether oxygens (including phenoxy) is 1. The van der Waals surface area contributed by atoms with Crippen molar-refractivity contribution in [1.29, 1.82) is 0 Å². The number of amides is 12. The molecule has 0 radical (unpaired) electrons. The van der Waals surface area contributed by atoms with E-state index in [4.69, 9.17) is 27.9 Å². The SMILES string of the molecule is CCC(C)C1NC(=O)[C@H](C)N(C)C(=O)C[C@@H](C(=O)N2CCCCC2)N(C)C(=O)[C@H](C(C)C)N(C)C(=O)CCCCNC(=O)[C@@H]2CCCN2C(=O)[C@H](CCc2cc(Cl)c(Cl)c(OC(C)C)c2)NC(=O)CN(C)C(=O)[C@H](CC2CCCCC2)N(C)C(=O)CN(C)C(=O)CN(C)C1=O. The molecule has 8 atom stereocenters. The van der Waals surface area contributed by atoms with E-state index >= 15 is 0 Å². The zero-order valence-corrected chi connectivity index (χ0v) is 60.3. The Morgan fingerprint density at radius 1 is 0.621 bits per heavy atom. The van der Waals surface area contributed by atoms with Gasteiger partial charge >= 0.3 is 0 Å². The lowest BCUT2D eigenvalue weighted by Crippen LogP contribution is -2.59. The summed E-state index contributed by atoms with van der Waals surface area (Å²) in [7, 11) is 10.1. The van der Waals surface area contributed by atoms with Gasteiger partial charge in [-0.1, -0.05) is 89.4 Å². The molecule has 12 amide bonds. The first kappa shape index (κ1) is 78.9. The summed E-state index contributed by atoms with van der Waals surface area (Å²) >= 11 is 13.1. The second-order valence-corrected chi connectivity index (χ2v) is 28.1. The van der Waals surface area contributed by atoms with Crippen LogP contribution in [0.1, 0.15) is 163 Å². The lowest BCUT2D eigenvalue weighted by molar-refractivity contribution is -0.154. The van der Waals surface area contributed by atoms with Gasteiger partial charge in [0.15, 0.2) is 0 Å². The predicted molar refractivity (Wildman–Crippen MR) is 361 cm³/mol. The number of fused-ring (bicyclic) bond motifs is 1. The smallest absolute Gasteiger partial charge is 0.246 e. The van der Waals surface area contributed by atoms with Gasteiger partial charge in [0, 0.05) is 81.9 Å². The van der Waals surface area contributed by atoms with Crippen LogP contribution in [0.3, 0.4) is 0 Å². The first-order valence-electron chi connectivity index (χ1n) is 34.2. The number of benzene rings is 1. The van der Waals surface area contributed by atoms with Crippen molar-refractivity contribution in [2.45, 2.75) is 212 Å². The molecule has 0 aromatic heterocycles. The zero-order chi connectivity index (χ0) is 70.7. The average molecular weight is 1370 g/mol. The van der Waals surface area contributed by atoms with E-state index in [2.05, 4.69) is 16.0 Å². The Balaban J connectivity index is 1.49. The van der Waals surface area contributed by atoms with Crippen molar-refractivity contribution in [2.75, 3.05) is 95.1 Å². The van der Waals surface area contributed by atoms with Crippen molar-refractivity contribution in [2.24, 2.45) is 17.8 Å². The van der Waals surface area contributed by atoms with Gasteiger partial charge in [0.05, 0.1) is 37.2 Å². The highest BCUT2D eigenvalue weighted by Crippen LogP contribution is 2.35. The minimum Gasteiger partial charge on any atom is -0.489 e. The summed E-state index contributed by atoms with van der Waals surface area (Å²) < 4.78 is 5.94. The molecule has 3 saturated heterocycles. The van der Waals surface area contributed by atoms with E-state index < -0.39 is 145 Å². The lowest BCUT2D eigenvalue weighted by atomic mass is 9.84. The van der Waals surface area contributed by atoms with Crippen LogP contribution in [0, 0.1) is 17.8 Å². The molecule has 1 aromatic carbocycles. The quantitative estimate of drug-likeness (QED) is 0.270. The number of nitrogens with zero attached hydrogens (tertiary/aromatic N) is 9. The monoisotopic (exact) mass is 1370 g/mol. The molecule has 27 heteroatoms. The number of piperidine rings is 1. The fraction of sp³-hybridized carbons (Fsp3) is 0.735. The number of likely N-dealkylation sites (N-methyl/N-ethyl adjacent to an activating group) is 7. The summed E-state index contributed by atoms with van der Waals surface area (Å²) in [5.74, 6) is -7.20. The Morgan fingerprint density at radius 3 is 1.88 bits per heavy atom. The fourth-order valence-corrected chi connectivity index (χ4v) is 13.4. The van der Waals surface area contributed by atoms with Gasteiger partial charge in [-0.15, -0.1) is 0 Å². The first-order valence-corrected chi connectivity index (χ1v) is 34.9. The lowest BCUT2D eigenvalue weighted by Gasteiger charge is -2.39. The number of rotatable bonds is 11. The van der Waals surface area contributed by atoms with Gasteiger partial charge in [0.2, 0.25) is 70.9 Å². The molecule has 0 spiro atoms. The van der Waals surface area contributed by atoms with Crippen LogP contribution in [0.4, 0.5) is 0 Å². The van der Waals surface area contributed by atoms with Crippen molar-refractivity contribution in [3.63, 3.8) is 0 Å². The number of likely N-dealkylation sites (tertiary alicyclic amines) is 1. The minimum absolute atomic E-state index is 0.00266. The summed E-state index contributed by atoms with van der Waals surface area (Å²) in [5.41, 5.74) is 0.653. The van der Waals surface area contributed by atoms with Gasteiger partial charge in [-0.3, -0.25) is 57.5 Å². The van der Waals surface area contributed by atoms with Gasteiger partial charge in [0.1, 0.15) is 53.1 Å². The van der Waals surface area contributed by atoms with Gasteiger partial charge in [0.25, 0.3) is 0 Å². The second kappa shape index (κ2) is 37.1. The number of hydrogen-bond donors (Lipinski definition) is 3. The highest BCUT2D eigenvalue weighted by atomic mass is 35.5. The number of carbonyl (C=O) groups excluding carboxylic acids is 12. The standard InChI is InChI=1S/C68H108Cl2N12O13/c1-15-44(6)60-67(93)76(10)40-57(86)74(8)41-58(87)78(12)51(36-46-25-18-16-19-26-46)65(91)75(9)39-54(83)72-49(30-29-47-35-48(69)59(70)53(37-47)95-43(4)5)64(90)82-34-24-27-50(82)63(89)71-31-21-20-28-55(84)80(14)61(42(2)3)68(94)79(13)52(66(92)81-32-22-17-23-33-81)38-56(85)77(11)45(7)62(88)73-60/h35,37,42-46,49-52,60-61H,15-34,36,38-41H2,1-14H3,(H,71,89)(H,72,83)(H,73,88)/t44?,45-,49-,50-,51-,52-,60?,61-/m0/s1. The molecule has 1 aliphatic carbocycles. The van der Waals surface area contributed by atoms with Gasteiger partial charge in [-0.05, 0) is 120 Å². The van der Waals surface area contributed by atoms with Crippen LogP contribution >= 0.6 is 23.2 Å². The Kier molecular flexibility index (Phi) is 30.8. The number of hydrogen-bond acceptors (Lipinski definition) is 13. The fourth-order valence-electron chi connectivity index (χ4n) is 13.0. The van der Waals surface area contributed by atoms with Crippen LogP contribution < -0.4 is 20.7 Å². The summed E-state index contributed by atoms with van der Waals surface area (Å²) in [4.78, 5) is 184. The Bertz CT molecular complexity index is 2890. The van der Waals surface area contributed by atoms with Crippen LogP contribution in [-0.4, -0.2) is 259 Å². The van der Waals surface area contributed by atoms with Crippen molar-refractivity contribution < 1.29 is 62.3 Å². The molecule has 25 nitrogen and oxygen atoms in total. The molecule has 3 heterocycles. The van der Waals surface area contributed by atoms with E-state index in [0.29, 0.717) is 56.5 Å². The van der Waals surface area contributed by atoms with Crippen LogP contribution in [0.15, 0.2) is 12.1 Å². The maximum Gasteiger partial charge on any atom is 0.246 e. The van der Waals surface area contributed by atoms with Crippen LogP contribution in [-0.2, 0) is 64.0 Å². The maximum absolute atomic E-state index is 14.9. The molecular formula is C68H108Cl2N12O13. The third-order valence-electron chi connectivity index (χ3n) is 19.4. The van der Waals surface area contributed by atoms with Crippen LogP contribution in [0.5, 0.6) is 5.75 Å². The average Bonchev–Trinajstić information content (AvgIpc) is 1.63. The van der Waals surface area contributed by atoms with E-state index in [1.807, 2.05) is 20.8 Å². The third-order valence-corrected chi connectivity index (χ3v) is 20.2. The molecule has 3 N–H and O–H groups in total.